The molecule has 0 aliphatic carbocycles. The minimum absolute atomic E-state index is 0.170. The van der Waals surface area contributed by atoms with Gasteiger partial charge in [-0.1, -0.05) is 29.3 Å². The van der Waals surface area contributed by atoms with E-state index in [1.165, 1.54) is 16.8 Å². The number of nitrogens with zero attached hydrogens (tertiary/aromatic N) is 2. The maximum absolute atomic E-state index is 12.4. The zero-order chi connectivity index (χ0) is 17.0. The fraction of sp³-hybridized carbons (Fsp3) is 0.353. The van der Waals surface area contributed by atoms with Gasteiger partial charge in [0.05, 0.1) is 13.2 Å². The van der Waals surface area contributed by atoms with Crippen LogP contribution in [-0.2, 0) is 22.6 Å². The number of aromatic nitrogens is 2. The first kappa shape index (κ1) is 16.7. The lowest BCUT2D eigenvalue weighted by Crippen LogP contribution is -2.40. The Morgan fingerprint density at radius 3 is 2.39 bits per heavy atom. The van der Waals surface area contributed by atoms with Gasteiger partial charge in [0.15, 0.2) is 0 Å². The van der Waals surface area contributed by atoms with E-state index in [0.717, 1.165) is 21.3 Å². The first-order valence-corrected chi connectivity index (χ1v) is 7.43. The van der Waals surface area contributed by atoms with Crippen LogP contribution in [0.25, 0.3) is 0 Å². The molecule has 0 radical (unpaired) electrons. The van der Waals surface area contributed by atoms with Gasteiger partial charge in [-0.05, 0) is 26.3 Å². The molecule has 2 rings (SSSR count). The first-order chi connectivity index (χ1) is 10.9. The summed E-state index contributed by atoms with van der Waals surface area (Å²) in [7, 11) is 0. The van der Waals surface area contributed by atoms with Crippen molar-refractivity contribution in [3.8, 4) is 0 Å². The second kappa shape index (κ2) is 7.09. The van der Waals surface area contributed by atoms with Crippen LogP contribution < -0.4 is 11.2 Å². The summed E-state index contributed by atoms with van der Waals surface area (Å²) in [6, 6.07) is 7.17. The van der Waals surface area contributed by atoms with Crippen LogP contribution in [0.4, 0.5) is 0 Å². The molecule has 0 aliphatic heterocycles. The first-order valence-electron chi connectivity index (χ1n) is 7.43. The number of carbonyl (C=O) groups is 1. The van der Waals surface area contributed by atoms with Gasteiger partial charge >= 0.3 is 11.7 Å². The smallest absolute Gasteiger partial charge is 0.331 e. The second-order valence-electron chi connectivity index (χ2n) is 5.45. The Kier molecular flexibility index (Phi) is 5.16. The quantitative estimate of drug-likeness (QED) is 0.778. The van der Waals surface area contributed by atoms with Crippen molar-refractivity contribution < 1.29 is 9.53 Å². The molecule has 0 aliphatic rings. The molecule has 0 saturated carbocycles. The topological polar surface area (TPSA) is 70.3 Å². The molecule has 0 fully saturated rings. The van der Waals surface area contributed by atoms with Crippen LogP contribution in [0.15, 0.2) is 40.1 Å². The van der Waals surface area contributed by atoms with Gasteiger partial charge in [0, 0.05) is 12.3 Å². The van der Waals surface area contributed by atoms with Gasteiger partial charge in [-0.25, -0.2) is 4.79 Å². The molecule has 1 heterocycles. The van der Waals surface area contributed by atoms with E-state index in [0.29, 0.717) is 0 Å². The summed E-state index contributed by atoms with van der Waals surface area (Å²) < 4.78 is 7.14. The van der Waals surface area contributed by atoms with Gasteiger partial charge in [-0.2, -0.15) is 0 Å². The monoisotopic (exact) mass is 316 g/mol. The molecule has 0 unspecified atom stereocenters. The average Bonchev–Trinajstić information content (AvgIpc) is 2.46. The number of rotatable bonds is 5. The molecule has 122 valence electrons. The third-order valence-corrected chi connectivity index (χ3v) is 3.37. The minimum atomic E-state index is -0.523. The lowest BCUT2D eigenvalue weighted by molar-refractivity contribution is -0.143. The normalized spacial score (nSPS) is 10.6. The maximum Gasteiger partial charge on any atom is 0.331 e. The Morgan fingerprint density at radius 2 is 1.78 bits per heavy atom. The van der Waals surface area contributed by atoms with Gasteiger partial charge in [0.25, 0.3) is 5.56 Å². The Bertz CT molecular complexity index is 813. The molecule has 1 aromatic carbocycles. The third-order valence-electron chi connectivity index (χ3n) is 3.37. The van der Waals surface area contributed by atoms with E-state index >= 15 is 0 Å². The van der Waals surface area contributed by atoms with Gasteiger partial charge in [-0.3, -0.25) is 18.7 Å². The fourth-order valence-electron chi connectivity index (χ4n) is 2.51. The van der Waals surface area contributed by atoms with Crippen molar-refractivity contribution in [2.45, 2.75) is 33.9 Å². The molecule has 6 heteroatoms. The minimum Gasteiger partial charge on any atom is -0.465 e. The van der Waals surface area contributed by atoms with Crippen LogP contribution >= 0.6 is 0 Å². The van der Waals surface area contributed by atoms with E-state index < -0.39 is 17.2 Å². The average molecular weight is 316 g/mol. The summed E-state index contributed by atoms with van der Waals surface area (Å²) in [6.07, 6.45) is 1.32. The lowest BCUT2D eigenvalue weighted by atomic mass is 10.1. The predicted octanol–water partition coefficient (Wildman–Crippen LogP) is 1.24. The van der Waals surface area contributed by atoms with Crippen LogP contribution in [-0.4, -0.2) is 21.7 Å². The summed E-state index contributed by atoms with van der Waals surface area (Å²) in [5.41, 5.74) is 2.08. The molecule has 2 aromatic rings. The molecule has 0 atom stereocenters. The third kappa shape index (κ3) is 4.18. The predicted molar refractivity (Wildman–Crippen MR) is 86.6 cm³/mol. The summed E-state index contributed by atoms with van der Waals surface area (Å²) in [4.78, 5) is 36.0. The number of aryl methyl sites for hydroxylation is 2. The summed E-state index contributed by atoms with van der Waals surface area (Å²) in [5, 5.41) is 0. The summed E-state index contributed by atoms with van der Waals surface area (Å²) in [5.74, 6) is -0.508. The van der Waals surface area contributed by atoms with Crippen molar-refractivity contribution in [1.82, 2.24) is 9.13 Å². The Balaban J connectivity index is 2.36. The van der Waals surface area contributed by atoms with Crippen LogP contribution in [0.5, 0.6) is 0 Å². The molecular weight excluding hydrogens is 296 g/mol. The Labute approximate surface area is 134 Å². The van der Waals surface area contributed by atoms with E-state index in [1.54, 1.807) is 6.92 Å². The van der Waals surface area contributed by atoms with Gasteiger partial charge in [0.2, 0.25) is 0 Å². The summed E-state index contributed by atoms with van der Waals surface area (Å²) in [6.45, 7) is 5.83. The number of benzene rings is 1. The van der Waals surface area contributed by atoms with Crippen molar-refractivity contribution in [2.24, 2.45) is 0 Å². The van der Waals surface area contributed by atoms with Crippen LogP contribution in [0.2, 0.25) is 0 Å². The van der Waals surface area contributed by atoms with E-state index in [-0.39, 0.29) is 19.7 Å². The molecule has 1 aromatic heterocycles. The van der Waals surface area contributed by atoms with Crippen LogP contribution in [0.1, 0.15) is 23.6 Å². The van der Waals surface area contributed by atoms with Crippen molar-refractivity contribution in [3.05, 3.63) is 68.0 Å². The number of hydrogen-bond acceptors (Lipinski definition) is 4. The molecular formula is C17H20N2O4. The zero-order valence-electron chi connectivity index (χ0n) is 13.5. The molecule has 0 N–H and O–H groups in total. The van der Waals surface area contributed by atoms with Crippen LogP contribution in [0.3, 0.4) is 0 Å². The largest absolute Gasteiger partial charge is 0.465 e. The van der Waals surface area contributed by atoms with Gasteiger partial charge < -0.3 is 4.74 Å². The Hall–Kier alpha value is -2.63. The highest BCUT2D eigenvalue weighted by Crippen LogP contribution is 2.09. The molecule has 0 spiro atoms. The number of hydrogen-bond donors (Lipinski definition) is 0. The van der Waals surface area contributed by atoms with Gasteiger partial charge in [-0.15, -0.1) is 0 Å². The van der Waals surface area contributed by atoms with Crippen LogP contribution in [0, 0.1) is 13.8 Å². The van der Waals surface area contributed by atoms with Crippen molar-refractivity contribution in [2.75, 3.05) is 6.61 Å². The SMILES string of the molecule is CCOC(=O)Cn1ccc(=O)n(Cc2cc(C)cc(C)c2)c1=O. The van der Waals surface area contributed by atoms with Crippen molar-refractivity contribution in [1.29, 1.82) is 0 Å². The number of ether oxygens (including phenoxy) is 1. The molecule has 0 saturated heterocycles. The number of esters is 1. The lowest BCUT2D eigenvalue weighted by Gasteiger charge is -2.10. The van der Waals surface area contributed by atoms with E-state index in [1.807, 2.05) is 32.0 Å². The van der Waals surface area contributed by atoms with E-state index in [9.17, 15) is 14.4 Å². The van der Waals surface area contributed by atoms with Crippen molar-refractivity contribution in [3.63, 3.8) is 0 Å². The maximum atomic E-state index is 12.4. The van der Waals surface area contributed by atoms with Gasteiger partial charge in [0.1, 0.15) is 6.54 Å². The molecule has 6 nitrogen and oxygen atoms in total. The fourth-order valence-corrected chi connectivity index (χ4v) is 2.51. The molecule has 0 bridgehead atoms. The second-order valence-corrected chi connectivity index (χ2v) is 5.45. The van der Waals surface area contributed by atoms with E-state index in [2.05, 4.69) is 0 Å². The summed E-state index contributed by atoms with van der Waals surface area (Å²) >= 11 is 0. The van der Waals surface area contributed by atoms with E-state index in [4.69, 9.17) is 4.74 Å². The molecule has 0 amide bonds. The molecule has 23 heavy (non-hydrogen) atoms. The highest BCUT2D eigenvalue weighted by molar-refractivity contribution is 5.69. The highest BCUT2D eigenvalue weighted by atomic mass is 16.5. The highest BCUT2D eigenvalue weighted by Gasteiger charge is 2.10. The van der Waals surface area contributed by atoms with Crippen molar-refractivity contribution >= 4 is 5.97 Å². The standard InChI is InChI=1S/C17H20N2O4/c1-4-23-16(21)11-18-6-5-15(20)19(17(18)22)10-14-8-12(2)7-13(3)9-14/h5-9H,4,10-11H2,1-3H3. The zero-order valence-corrected chi connectivity index (χ0v) is 13.5. The number of carbonyl (C=O) groups excluding carboxylic acids is 1. The Morgan fingerprint density at radius 1 is 1.13 bits per heavy atom.